The van der Waals surface area contributed by atoms with E-state index in [4.69, 9.17) is 9.84 Å². The van der Waals surface area contributed by atoms with Crippen molar-refractivity contribution in [3.8, 4) is 0 Å². The van der Waals surface area contributed by atoms with Crippen LogP contribution in [-0.4, -0.2) is 69.1 Å². The standard InChI is InChI=1S/C9H7FO3.K.H/c10-7-4-2-1-3-6(7)9(5-13-9)8(11)12;;/h1-4H,5H2,(H,11,12);;. The van der Waals surface area contributed by atoms with Gasteiger partial charge in [-0.05, 0) is 6.07 Å². The number of ether oxygens (including phenoxy) is 1. The molecule has 2 rings (SSSR count). The Balaban J connectivity index is 0.000000980. The van der Waals surface area contributed by atoms with Crippen molar-refractivity contribution in [3.63, 3.8) is 0 Å². The second-order valence-electron chi connectivity index (χ2n) is 2.90. The fourth-order valence-electron chi connectivity index (χ4n) is 1.26. The molecule has 3 nitrogen and oxygen atoms in total. The van der Waals surface area contributed by atoms with Crippen molar-refractivity contribution in [1.29, 1.82) is 0 Å². The van der Waals surface area contributed by atoms with Crippen molar-refractivity contribution in [2.75, 3.05) is 6.61 Å². The van der Waals surface area contributed by atoms with Crippen LogP contribution in [0.3, 0.4) is 0 Å². The summed E-state index contributed by atoms with van der Waals surface area (Å²) in [6, 6.07) is 5.75. The molecule has 0 aromatic heterocycles. The van der Waals surface area contributed by atoms with Gasteiger partial charge in [0.1, 0.15) is 5.82 Å². The fraction of sp³-hybridized carbons (Fsp3) is 0.222. The van der Waals surface area contributed by atoms with Gasteiger partial charge in [0, 0.05) is 5.56 Å². The first-order valence-electron chi connectivity index (χ1n) is 3.79. The number of carboxylic acids is 1. The van der Waals surface area contributed by atoms with Gasteiger partial charge < -0.3 is 9.84 Å². The molecule has 1 unspecified atom stereocenters. The molecule has 1 aromatic rings. The maximum atomic E-state index is 13.1. The molecular weight excluding hydrogens is 214 g/mol. The summed E-state index contributed by atoms with van der Waals surface area (Å²) in [5.41, 5.74) is -1.33. The number of aliphatic carboxylic acids is 1. The molecule has 1 aliphatic heterocycles. The maximum absolute atomic E-state index is 13.1. The molecule has 1 atom stereocenters. The summed E-state index contributed by atoms with van der Waals surface area (Å²) in [6.07, 6.45) is 0. The normalized spacial score (nSPS) is 23.8. The summed E-state index contributed by atoms with van der Waals surface area (Å²) in [5, 5.41) is 8.79. The summed E-state index contributed by atoms with van der Waals surface area (Å²) >= 11 is 0. The Morgan fingerprint density at radius 3 is 2.50 bits per heavy atom. The minimum atomic E-state index is -1.43. The summed E-state index contributed by atoms with van der Waals surface area (Å²) in [4.78, 5) is 10.7. The molecule has 1 aliphatic rings. The molecule has 1 heterocycles. The molecule has 1 N–H and O–H groups in total. The number of benzene rings is 1. The molecule has 70 valence electrons. The van der Waals surface area contributed by atoms with Crippen LogP contribution in [-0.2, 0) is 15.1 Å². The Morgan fingerprint density at radius 2 is 2.07 bits per heavy atom. The zero-order chi connectivity index (χ0) is 9.47. The van der Waals surface area contributed by atoms with Gasteiger partial charge in [0.2, 0.25) is 5.60 Å². The van der Waals surface area contributed by atoms with Crippen molar-refractivity contribution in [1.82, 2.24) is 0 Å². The number of epoxide rings is 1. The third-order valence-corrected chi connectivity index (χ3v) is 2.09. The monoisotopic (exact) mass is 222 g/mol. The van der Waals surface area contributed by atoms with Gasteiger partial charge in [-0.15, -0.1) is 0 Å². The van der Waals surface area contributed by atoms with Crippen LogP contribution in [0.15, 0.2) is 24.3 Å². The van der Waals surface area contributed by atoms with Gasteiger partial charge in [-0.25, -0.2) is 9.18 Å². The Labute approximate surface area is 123 Å². The van der Waals surface area contributed by atoms with E-state index in [-0.39, 0.29) is 63.6 Å². The van der Waals surface area contributed by atoms with Crippen molar-refractivity contribution in [2.45, 2.75) is 5.60 Å². The van der Waals surface area contributed by atoms with Crippen molar-refractivity contribution in [2.24, 2.45) is 0 Å². The molecule has 0 spiro atoms. The van der Waals surface area contributed by atoms with Gasteiger partial charge in [0.25, 0.3) is 0 Å². The number of carbonyl (C=O) groups is 1. The third-order valence-electron chi connectivity index (χ3n) is 2.09. The summed E-state index contributed by atoms with van der Waals surface area (Å²) in [5.74, 6) is -1.68. The molecule has 14 heavy (non-hydrogen) atoms. The summed E-state index contributed by atoms with van der Waals surface area (Å²) in [6.45, 7) is 0.0449. The number of carboxylic acid groups (broad SMARTS) is 1. The van der Waals surface area contributed by atoms with Crippen LogP contribution in [0.25, 0.3) is 0 Å². The van der Waals surface area contributed by atoms with Crippen LogP contribution >= 0.6 is 0 Å². The van der Waals surface area contributed by atoms with E-state index in [2.05, 4.69) is 0 Å². The summed E-state index contributed by atoms with van der Waals surface area (Å²) < 4.78 is 17.9. The topological polar surface area (TPSA) is 49.8 Å². The van der Waals surface area contributed by atoms with Crippen LogP contribution in [0.5, 0.6) is 0 Å². The predicted octanol–water partition coefficient (Wildman–Crippen LogP) is 0.487. The summed E-state index contributed by atoms with van der Waals surface area (Å²) in [7, 11) is 0. The van der Waals surface area contributed by atoms with Gasteiger partial charge in [0.05, 0.1) is 6.61 Å². The van der Waals surface area contributed by atoms with Gasteiger partial charge in [-0.3, -0.25) is 0 Å². The van der Waals surface area contributed by atoms with E-state index in [0.717, 1.165) is 0 Å². The van der Waals surface area contributed by atoms with E-state index < -0.39 is 17.4 Å². The number of halogens is 1. The molecule has 1 fully saturated rings. The van der Waals surface area contributed by atoms with Crippen molar-refractivity contribution < 1.29 is 19.0 Å². The van der Waals surface area contributed by atoms with E-state index in [9.17, 15) is 9.18 Å². The average Bonchev–Trinajstić information content (AvgIpc) is 2.85. The van der Waals surface area contributed by atoms with Gasteiger partial charge >= 0.3 is 57.4 Å². The van der Waals surface area contributed by atoms with Crippen LogP contribution in [0.2, 0.25) is 0 Å². The van der Waals surface area contributed by atoms with Gasteiger partial charge in [-0.1, -0.05) is 18.2 Å². The van der Waals surface area contributed by atoms with E-state index in [1.54, 1.807) is 6.07 Å². The molecule has 0 aliphatic carbocycles. The molecule has 0 bridgehead atoms. The molecular formula is C9H8FKO3. The second kappa shape index (κ2) is 4.38. The van der Waals surface area contributed by atoms with E-state index in [1.165, 1.54) is 18.2 Å². The number of hydrogen-bond donors (Lipinski definition) is 1. The quantitative estimate of drug-likeness (QED) is 0.585. The van der Waals surface area contributed by atoms with Crippen LogP contribution in [0, 0.1) is 5.82 Å². The number of hydrogen-bond acceptors (Lipinski definition) is 2. The minimum absolute atomic E-state index is 0. The third kappa shape index (κ3) is 1.93. The Hall–Kier alpha value is 0.216. The molecule has 1 aromatic carbocycles. The average molecular weight is 222 g/mol. The zero-order valence-electron chi connectivity index (χ0n) is 6.66. The van der Waals surface area contributed by atoms with Crippen molar-refractivity contribution in [3.05, 3.63) is 35.6 Å². The fourth-order valence-corrected chi connectivity index (χ4v) is 1.26. The van der Waals surface area contributed by atoms with Crippen LogP contribution in [0.4, 0.5) is 4.39 Å². The first-order chi connectivity index (χ1) is 6.17. The van der Waals surface area contributed by atoms with Crippen LogP contribution < -0.4 is 0 Å². The van der Waals surface area contributed by atoms with E-state index >= 15 is 0 Å². The number of rotatable bonds is 2. The Bertz CT molecular complexity index is 363. The van der Waals surface area contributed by atoms with Crippen molar-refractivity contribution >= 4 is 57.4 Å². The molecule has 1 saturated heterocycles. The van der Waals surface area contributed by atoms with E-state index in [0.29, 0.717) is 0 Å². The molecule has 0 saturated carbocycles. The molecule has 0 amide bonds. The second-order valence-corrected chi connectivity index (χ2v) is 2.90. The van der Waals surface area contributed by atoms with Gasteiger partial charge in [-0.2, -0.15) is 0 Å². The zero-order valence-corrected chi connectivity index (χ0v) is 6.66. The van der Waals surface area contributed by atoms with Gasteiger partial charge in [0.15, 0.2) is 0 Å². The van der Waals surface area contributed by atoms with Crippen LogP contribution in [0.1, 0.15) is 5.56 Å². The van der Waals surface area contributed by atoms with E-state index in [1.807, 2.05) is 0 Å². The first kappa shape index (κ1) is 12.3. The Kier molecular flexibility index (Phi) is 3.85. The first-order valence-corrected chi connectivity index (χ1v) is 3.79. The molecule has 5 heteroatoms. The Morgan fingerprint density at radius 1 is 1.50 bits per heavy atom. The molecule has 0 radical (unpaired) electrons. The predicted molar refractivity (Wildman–Crippen MR) is 48.8 cm³/mol. The SMILES string of the molecule is O=C(O)C1(c2ccccc2F)CO1.[KH].